The molecule has 1 aliphatic rings. The second-order valence-corrected chi connectivity index (χ2v) is 1.66. The van der Waals surface area contributed by atoms with Gasteiger partial charge in [-0.25, -0.2) is 0 Å². The number of carbonyl (C=O) groups excluding carboxylic acids is 2. The zero-order valence-corrected chi connectivity index (χ0v) is 4.18. The van der Waals surface area contributed by atoms with Gasteiger partial charge in [-0.3, -0.25) is 9.59 Å². The monoisotopic (exact) mass is 114 g/mol. The van der Waals surface area contributed by atoms with Crippen LogP contribution < -0.4 is 11.1 Å². The van der Waals surface area contributed by atoms with Crippen molar-refractivity contribution >= 4 is 11.7 Å². The molecule has 1 rings (SSSR count). The van der Waals surface area contributed by atoms with Crippen molar-refractivity contribution in [2.75, 3.05) is 6.54 Å². The molecule has 4 heteroatoms. The molecule has 8 heavy (non-hydrogen) atoms. The predicted molar refractivity (Wildman–Crippen MR) is 26.0 cm³/mol. The van der Waals surface area contributed by atoms with Crippen LogP contribution in [0.5, 0.6) is 0 Å². The second-order valence-electron chi connectivity index (χ2n) is 1.66. The van der Waals surface area contributed by atoms with Crippen molar-refractivity contribution in [2.24, 2.45) is 5.73 Å². The molecular formula is C4H6N2O2. The van der Waals surface area contributed by atoms with Gasteiger partial charge in [0.2, 0.25) is 5.91 Å². The maximum Gasteiger partial charge on any atom is 0.245 e. The molecule has 1 aliphatic heterocycles. The predicted octanol–water partition coefficient (Wildman–Crippen LogP) is -1.99. The van der Waals surface area contributed by atoms with Crippen molar-refractivity contribution < 1.29 is 9.59 Å². The Hall–Kier alpha value is -0.900. The molecule has 1 amide bonds. The number of Topliss-reactive ketones (excluding diaryl/α,β-unsaturated/α-hetero) is 1. The van der Waals surface area contributed by atoms with Gasteiger partial charge in [-0.2, -0.15) is 0 Å². The van der Waals surface area contributed by atoms with Gasteiger partial charge >= 0.3 is 0 Å². The van der Waals surface area contributed by atoms with Crippen LogP contribution in [0.4, 0.5) is 0 Å². The van der Waals surface area contributed by atoms with Crippen molar-refractivity contribution in [1.82, 2.24) is 5.32 Å². The summed E-state index contributed by atoms with van der Waals surface area (Å²) in [5, 5.41) is 2.31. The van der Waals surface area contributed by atoms with Crippen LogP contribution in [0.25, 0.3) is 0 Å². The van der Waals surface area contributed by atoms with Crippen LogP contribution in [0.2, 0.25) is 0 Å². The average Bonchev–Trinajstić information content (AvgIpc) is 1.98. The molecule has 44 valence electrons. The Kier molecular flexibility index (Phi) is 1.02. The van der Waals surface area contributed by atoms with Crippen molar-refractivity contribution in [1.29, 1.82) is 0 Å². The number of ketones is 1. The van der Waals surface area contributed by atoms with Gasteiger partial charge in [0.1, 0.15) is 6.04 Å². The summed E-state index contributed by atoms with van der Waals surface area (Å²) < 4.78 is 0. The minimum Gasteiger partial charge on any atom is -0.347 e. The summed E-state index contributed by atoms with van der Waals surface area (Å²) in [5.41, 5.74) is 5.06. The van der Waals surface area contributed by atoms with Crippen LogP contribution in [0.3, 0.4) is 0 Å². The van der Waals surface area contributed by atoms with Gasteiger partial charge in [-0.05, 0) is 0 Å². The van der Waals surface area contributed by atoms with Crippen LogP contribution >= 0.6 is 0 Å². The van der Waals surface area contributed by atoms with E-state index in [1.165, 1.54) is 0 Å². The van der Waals surface area contributed by atoms with E-state index < -0.39 is 6.04 Å². The Morgan fingerprint density at radius 3 is 2.38 bits per heavy atom. The molecule has 1 atom stereocenters. The summed E-state index contributed by atoms with van der Waals surface area (Å²) in [4.78, 5) is 20.7. The zero-order valence-electron chi connectivity index (χ0n) is 4.18. The van der Waals surface area contributed by atoms with E-state index in [-0.39, 0.29) is 18.2 Å². The van der Waals surface area contributed by atoms with E-state index in [9.17, 15) is 9.59 Å². The minimum absolute atomic E-state index is 0.0972. The van der Waals surface area contributed by atoms with E-state index in [1.54, 1.807) is 0 Å². The molecule has 0 bridgehead atoms. The highest BCUT2D eigenvalue weighted by Gasteiger charge is 2.28. The molecule has 0 aromatic rings. The van der Waals surface area contributed by atoms with Gasteiger partial charge < -0.3 is 11.1 Å². The number of carbonyl (C=O) groups is 2. The third-order valence-electron chi connectivity index (χ3n) is 1.07. The van der Waals surface area contributed by atoms with Gasteiger partial charge in [0, 0.05) is 0 Å². The highest BCUT2D eigenvalue weighted by Crippen LogP contribution is 1.88. The van der Waals surface area contributed by atoms with Crippen LogP contribution in [-0.4, -0.2) is 24.3 Å². The topological polar surface area (TPSA) is 72.2 Å². The molecule has 1 heterocycles. The van der Waals surface area contributed by atoms with Crippen LogP contribution in [0.1, 0.15) is 0 Å². The van der Waals surface area contributed by atoms with E-state index in [4.69, 9.17) is 5.73 Å². The Balaban J connectivity index is 2.70. The number of amides is 1. The van der Waals surface area contributed by atoms with E-state index in [0.29, 0.717) is 0 Å². The maximum absolute atomic E-state index is 10.4. The van der Waals surface area contributed by atoms with E-state index in [0.717, 1.165) is 0 Å². The van der Waals surface area contributed by atoms with Gasteiger partial charge in [0.15, 0.2) is 5.78 Å². The van der Waals surface area contributed by atoms with E-state index >= 15 is 0 Å². The lowest BCUT2D eigenvalue weighted by Gasteiger charge is -1.90. The lowest BCUT2D eigenvalue weighted by molar-refractivity contribution is -0.123. The summed E-state index contributed by atoms with van der Waals surface area (Å²) in [5.74, 6) is -0.593. The van der Waals surface area contributed by atoms with Crippen molar-refractivity contribution in [2.45, 2.75) is 6.04 Å². The molecule has 0 radical (unpaired) electrons. The van der Waals surface area contributed by atoms with Gasteiger partial charge in [0.25, 0.3) is 0 Å². The van der Waals surface area contributed by atoms with Gasteiger partial charge in [0.05, 0.1) is 6.54 Å². The molecule has 0 spiro atoms. The molecule has 0 saturated carbocycles. The van der Waals surface area contributed by atoms with E-state index in [1.807, 2.05) is 0 Å². The molecule has 1 saturated heterocycles. The molecular weight excluding hydrogens is 108 g/mol. The smallest absolute Gasteiger partial charge is 0.245 e. The number of nitrogens with two attached hydrogens (primary N) is 1. The Morgan fingerprint density at radius 1 is 1.62 bits per heavy atom. The zero-order chi connectivity index (χ0) is 6.15. The maximum atomic E-state index is 10.4. The first kappa shape index (κ1) is 5.24. The first-order valence-electron chi connectivity index (χ1n) is 2.28. The largest absolute Gasteiger partial charge is 0.347 e. The highest BCUT2D eigenvalue weighted by molar-refractivity contribution is 6.11. The van der Waals surface area contributed by atoms with Crippen molar-refractivity contribution in [3.63, 3.8) is 0 Å². The van der Waals surface area contributed by atoms with Crippen molar-refractivity contribution in [3.05, 3.63) is 0 Å². The first-order chi connectivity index (χ1) is 3.72. The summed E-state index contributed by atoms with van der Waals surface area (Å²) in [6.07, 6.45) is 0. The Bertz CT molecular complexity index is 127. The number of hydrogen-bond acceptors (Lipinski definition) is 3. The molecule has 3 N–H and O–H groups in total. The van der Waals surface area contributed by atoms with Crippen LogP contribution in [0, 0.1) is 0 Å². The summed E-state index contributed by atoms with van der Waals surface area (Å²) >= 11 is 0. The van der Waals surface area contributed by atoms with Crippen LogP contribution in [-0.2, 0) is 9.59 Å². The fraction of sp³-hybridized carbons (Fsp3) is 0.500. The molecule has 0 aliphatic carbocycles. The molecule has 0 aromatic carbocycles. The Labute approximate surface area is 46.0 Å². The number of nitrogens with one attached hydrogen (secondary N) is 1. The highest BCUT2D eigenvalue weighted by atomic mass is 16.2. The van der Waals surface area contributed by atoms with Crippen LogP contribution in [0.15, 0.2) is 0 Å². The molecule has 1 fully saturated rings. The summed E-state index contributed by atoms with van der Waals surface area (Å²) in [7, 11) is 0. The lowest BCUT2D eigenvalue weighted by Crippen LogP contribution is -2.34. The third kappa shape index (κ3) is 0.586. The van der Waals surface area contributed by atoms with Crippen molar-refractivity contribution in [3.8, 4) is 0 Å². The number of hydrogen-bond donors (Lipinski definition) is 2. The minimum atomic E-state index is -0.907. The standard InChI is InChI=1S/C4H6N2O2/c5-3-2(7)1-6-4(3)8/h3H,1,5H2,(H,6,8). The Morgan fingerprint density at radius 2 is 2.25 bits per heavy atom. The molecule has 1 unspecified atom stereocenters. The SMILES string of the molecule is NC1C(=O)CNC1=O. The fourth-order valence-electron chi connectivity index (χ4n) is 0.540. The second kappa shape index (κ2) is 1.56. The first-order valence-corrected chi connectivity index (χ1v) is 2.28. The third-order valence-corrected chi connectivity index (χ3v) is 1.07. The normalized spacial score (nSPS) is 28.4. The summed E-state index contributed by atoms with van der Waals surface area (Å²) in [6, 6.07) is -0.907. The van der Waals surface area contributed by atoms with E-state index in [2.05, 4.69) is 5.32 Å². The lowest BCUT2D eigenvalue weighted by atomic mass is 10.2. The molecule has 0 aromatic heterocycles. The summed E-state index contributed by atoms with van der Waals surface area (Å²) in [6.45, 7) is 0.0972. The quantitative estimate of drug-likeness (QED) is 0.358. The average molecular weight is 114 g/mol. The fourth-order valence-corrected chi connectivity index (χ4v) is 0.540. The number of rotatable bonds is 0. The van der Waals surface area contributed by atoms with Gasteiger partial charge in [-0.15, -0.1) is 0 Å². The molecule has 4 nitrogen and oxygen atoms in total. The van der Waals surface area contributed by atoms with Gasteiger partial charge in [-0.1, -0.05) is 0 Å².